The number of amides is 2. The van der Waals surface area contributed by atoms with Crippen molar-refractivity contribution in [2.24, 2.45) is 5.73 Å². The molecular weight excluding hydrogens is 266 g/mol. The summed E-state index contributed by atoms with van der Waals surface area (Å²) >= 11 is 1.29. The monoisotopic (exact) mass is 283 g/mol. The molecule has 1 aromatic heterocycles. The van der Waals surface area contributed by atoms with Crippen molar-refractivity contribution in [1.82, 2.24) is 4.90 Å². The minimum atomic E-state index is -0.531. The third-order valence-corrected chi connectivity index (χ3v) is 3.71. The number of primary amides is 1. The zero-order chi connectivity index (χ0) is 13.8. The lowest BCUT2D eigenvalue weighted by molar-refractivity contribution is -0.119. The van der Waals surface area contributed by atoms with E-state index in [2.05, 4.69) is 5.32 Å². The number of nitrogens with one attached hydrogen (secondary N) is 1. The Morgan fingerprint density at radius 3 is 3.11 bits per heavy atom. The fourth-order valence-electron chi connectivity index (χ4n) is 2.00. The van der Waals surface area contributed by atoms with E-state index in [1.807, 2.05) is 11.8 Å². The normalized spacial score (nSPS) is 20.2. The van der Waals surface area contributed by atoms with Gasteiger partial charge in [-0.15, -0.1) is 11.3 Å². The fraction of sp³-hybridized carbons (Fsp3) is 0.500. The van der Waals surface area contributed by atoms with Gasteiger partial charge in [0.05, 0.1) is 24.8 Å². The molecule has 1 aromatic rings. The first kappa shape index (κ1) is 14.0. The molecule has 0 saturated carbocycles. The van der Waals surface area contributed by atoms with Crippen LogP contribution in [-0.2, 0) is 9.53 Å². The molecular formula is C12H17N3O3S. The van der Waals surface area contributed by atoms with Crippen LogP contribution in [0.15, 0.2) is 11.4 Å². The summed E-state index contributed by atoms with van der Waals surface area (Å²) in [5, 5.41) is 4.97. The number of anilines is 1. The Morgan fingerprint density at radius 2 is 2.42 bits per heavy atom. The molecule has 19 heavy (non-hydrogen) atoms. The van der Waals surface area contributed by atoms with Crippen LogP contribution in [0.2, 0.25) is 0 Å². The molecule has 2 amide bonds. The molecule has 1 aliphatic heterocycles. The first-order valence-corrected chi connectivity index (χ1v) is 6.95. The van der Waals surface area contributed by atoms with Crippen molar-refractivity contribution in [3.63, 3.8) is 0 Å². The van der Waals surface area contributed by atoms with Crippen LogP contribution in [0, 0.1) is 0 Å². The van der Waals surface area contributed by atoms with Gasteiger partial charge in [-0.25, -0.2) is 0 Å². The van der Waals surface area contributed by atoms with E-state index in [1.165, 1.54) is 11.3 Å². The van der Waals surface area contributed by atoms with Crippen LogP contribution in [0.25, 0.3) is 0 Å². The van der Waals surface area contributed by atoms with E-state index >= 15 is 0 Å². The predicted octanol–water partition coefficient (Wildman–Crippen LogP) is 0.506. The van der Waals surface area contributed by atoms with Crippen molar-refractivity contribution in [3.05, 3.63) is 17.0 Å². The third-order valence-electron chi connectivity index (χ3n) is 2.88. The second-order valence-corrected chi connectivity index (χ2v) is 5.41. The topological polar surface area (TPSA) is 84.7 Å². The molecule has 2 heterocycles. The molecule has 1 saturated heterocycles. The Hall–Kier alpha value is -1.44. The molecule has 3 N–H and O–H groups in total. The SMILES string of the molecule is C[C@H]1CN(CC(=O)Nc2sccc2C(N)=O)CCO1. The van der Waals surface area contributed by atoms with Gasteiger partial charge in [-0.3, -0.25) is 14.5 Å². The predicted molar refractivity (Wildman–Crippen MR) is 73.3 cm³/mol. The maximum atomic E-state index is 11.9. The Bertz CT molecular complexity index is 475. The highest BCUT2D eigenvalue weighted by Gasteiger charge is 2.20. The average Bonchev–Trinajstić information content (AvgIpc) is 2.76. The Balaban J connectivity index is 1.90. The Kier molecular flexibility index (Phi) is 4.52. The Morgan fingerprint density at radius 1 is 1.63 bits per heavy atom. The van der Waals surface area contributed by atoms with E-state index in [0.29, 0.717) is 23.7 Å². The van der Waals surface area contributed by atoms with Gasteiger partial charge in [0, 0.05) is 13.1 Å². The highest BCUT2D eigenvalue weighted by Crippen LogP contribution is 2.22. The second-order valence-electron chi connectivity index (χ2n) is 4.49. The number of ether oxygens (including phenoxy) is 1. The van der Waals surface area contributed by atoms with Crippen molar-refractivity contribution < 1.29 is 14.3 Å². The molecule has 0 aliphatic carbocycles. The molecule has 1 aliphatic rings. The third kappa shape index (κ3) is 3.76. The minimum Gasteiger partial charge on any atom is -0.376 e. The average molecular weight is 283 g/mol. The summed E-state index contributed by atoms with van der Waals surface area (Å²) < 4.78 is 5.41. The number of nitrogens with zero attached hydrogens (tertiary/aromatic N) is 1. The van der Waals surface area contributed by atoms with Crippen LogP contribution in [0.4, 0.5) is 5.00 Å². The van der Waals surface area contributed by atoms with Crippen molar-refractivity contribution in [3.8, 4) is 0 Å². The zero-order valence-electron chi connectivity index (χ0n) is 10.7. The number of carbonyl (C=O) groups is 2. The lowest BCUT2D eigenvalue weighted by atomic mass is 10.3. The lowest BCUT2D eigenvalue weighted by Gasteiger charge is -2.30. The van der Waals surface area contributed by atoms with E-state index in [-0.39, 0.29) is 12.0 Å². The van der Waals surface area contributed by atoms with Gasteiger partial charge in [0.15, 0.2) is 0 Å². The smallest absolute Gasteiger partial charge is 0.251 e. The molecule has 6 nitrogen and oxygen atoms in total. The summed E-state index contributed by atoms with van der Waals surface area (Å²) in [6.07, 6.45) is 0.143. The molecule has 0 unspecified atom stereocenters. The van der Waals surface area contributed by atoms with E-state index in [0.717, 1.165) is 13.1 Å². The van der Waals surface area contributed by atoms with E-state index < -0.39 is 5.91 Å². The lowest BCUT2D eigenvalue weighted by Crippen LogP contribution is -2.44. The van der Waals surface area contributed by atoms with Gasteiger partial charge in [-0.05, 0) is 18.4 Å². The quantitative estimate of drug-likeness (QED) is 0.843. The van der Waals surface area contributed by atoms with Crippen molar-refractivity contribution >= 4 is 28.2 Å². The van der Waals surface area contributed by atoms with E-state index in [1.54, 1.807) is 11.4 Å². The first-order chi connectivity index (χ1) is 9.06. The number of morpholine rings is 1. The van der Waals surface area contributed by atoms with Crippen LogP contribution in [-0.4, -0.2) is 49.1 Å². The number of hydrogen-bond acceptors (Lipinski definition) is 5. The molecule has 0 aromatic carbocycles. The molecule has 2 rings (SSSR count). The molecule has 0 radical (unpaired) electrons. The zero-order valence-corrected chi connectivity index (χ0v) is 11.5. The maximum absolute atomic E-state index is 11.9. The number of nitrogens with two attached hydrogens (primary N) is 1. The highest BCUT2D eigenvalue weighted by atomic mass is 32.1. The van der Waals surface area contributed by atoms with Gasteiger partial charge in [0.25, 0.3) is 5.91 Å². The fourth-order valence-corrected chi connectivity index (χ4v) is 2.81. The standard InChI is InChI=1S/C12H17N3O3S/c1-8-6-15(3-4-18-8)7-10(16)14-12-9(11(13)17)2-5-19-12/h2,5,8H,3-4,6-7H2,1H3,(H2,13,17)(H,14,16)/t8-/m0/s1. The number of carbonyl (C=O) groups excluding carboxylic acids is 2. The maximum Gasteiger partial charge on any atom is 0.251 e. The number of hydrogen-bond donors (Lipinski definition) is 2. The summed E-state index contributed by atoms with van der Waals surface area (Å²) in [5.74, 6) is -0.671. The summed E-state index contributed by atoms with van der Waals surface area (Å²) in [6, 6.07) is 1.61. The summed E-state index contributed by atoms with van der Waals surface area (Å²) in [6.45, 7) is 4.39. The summed E-state index contributed by atoms with van der Waals surface area (Å²) in [7, 11) is 0. The van der Waals surface area contributed by atoms with E-state index in [9.17, 15) is 9.59 Å². The highest BCUT2D eigenvalue weighted by molar-refractivity contribution is 7.14. The summed E-state index contributed by atoms with van der Waals surface area (Å²) in [5.41, 5.74) is 5.58. The first-order valence-electron chi connectivity index (χ1n) is 6.07. The molecule has 0 bridgehead atoms. The number of rotatable bonds is 4. The van der Waals surface area contributed by atoms with Crippen LogP contribution in [0.1, 0.15) is 17.3 Å². The largest absolute Gasteiger partial charge is 0.376 e. The van der Waals surface area contributed by atoms with Gasteiger partial charge in [-0.1, -0.05) is 0 Å². The molecule has 104 valence electrons. The van der Waals surface area contributed by atoms with Crippen molar-refractivity contribution in [2.75, 3.05) is 31.6 Å². The van der Waals surface area contributed by atoms with Gasteiger partial charge in [0.1, 0.15) is 5.00 Å². The van der Waals surface area contributed by atoms with Crippen molar-refractivity contribution in [1.29, 1.82) is 0 Å². The van der Waals surface area contributed by atoms with Gasteiger partial charge in [-0.2, -0.15) is 0 Å². The van der Waals surface area contributed by atoms with Crippen LogP contribution in [0.5, 0.6) is 0 Å². The van der Waals surface area contributed by atoms with Gasteiger partial charge in [0.2, 0.25) is 5.91 Å². The van der Waals surface area contributed by atoms with Crippen LogP contribution >= 0.6 is 11.3 Å². The molecule has 1 fully saturated rings. The van der Waals surface area contributed by atoms with Crippen LogP contribution < -0.4 is 11.1 Å². The minimum absolute atomic E-state index is 0.140. The van der Waals surface area contributed by atoms with E-state index in [4.69, 9.17) is 10.5 Å². The Labute approximate surface area is 115 Å². The summed E-state index contributed by atoms with van der Waals surface area (Å²) in [4.78, 5) is 25.1. The molecule has 1 atom stereocenters. The molecule has 7 heteroatoms. The van der Waals surface area contributed by atoms with Crippen molar-refractivity contribution in [2.45, 2.75) is 13.0 Å². The second kappa shape index (κ2) is 6.14. The van der Waals surface area contributed by atoms with Gasteiger partial charge < -0.3 is 15.8 Å². The number of thiophene rings is 1. The van der Waals surface area contributed by atoms with Gasteiger partial charge >= 0.3 is 0 Å². The molecule has 0 spiro atoms. The van der Waals surface area contributed by atoms with Crippen LogP contribution in [0.3, 0.4) is 0 Å².